The van der Waals surface area contributed by atoms with Crippen LogP contribution >= 0.6 is 0 Å². The molecule has 0 aliphatic carbocycles. The van der Waals surface area contributed by atoms with E-state index in [-0.39, 0.29) is 23.3 Å². The van der Waals surface area contributed by atoms with E-state index in [4.69, 9.17) is 13.9 Å². The van der Waals surface area contributed by atoms with Crippen LogP contribution in [0.25, 0.3) is 0 Å². The van der Waals surface area contributed by atoms with Crippen LogP contribution < -0.4 is 0 Å². The van der Waals surface area contributed by atoms with E-state index in [0.29, 0.717) is 13.0 Å². The molecule has 2 heterocycles. The van der Waals surface area contributed by atoms with E-state index in [2.05, 4.69) is 33.9 Å². The molecule has 0 bridgehead atoms. The third-order valence-electron chi connectivity index (χ3n) is 6.13. The van der Waals surface area contributed by atoms with Crippen molar-refractivity contribution in [2.75, 3.05) is 26.4 Å². The summed E-state index contributed by atoms with van der Waals surface area (Å²) >= 11 is 0. The molecule has 26 heavy (non-hydrogen) atoms. The third-order valence-corrected chi connectivity index (χ3v) is 10.6. The fraction of sp³-hybridized carbons (Fsp3) is 0.950. The smallest absolute Gasteiger partial charge is 0.222 e. The summed E-state index contributed by atoms with van der Waals surface area (Å²) in [4.78, 5) is 14.3. The lowest BCUT2D eigenvalue weighted by Crippen LogP contribution is -2.45. The molecule has 0 saturated carbocycles. The van der Waals surface area contributed by atoms with E-state index in [0.717, 1.165) is 51.9 Å². The molecular formula is C20H39NO4Si. The Morgan fingerprint density at radius 1 is 1.19 bits per heavy atom. The Hall–Kier alpha value is -0.433. The summed E-state index contributed by atoms with van der Waals surface area (Å²) in [6.45, 7) is 14.4. The molecule has 2 fully saturated rings. The maximum Gasteiger partial charge on any atom is 0.222 e. The number of hydrogen-bond acceptors (Lipinski definition) is 4. The second-order valence-electron chi connectivity index (χ2n) is 9.22. The SMILES string of the molecule is CC(C)(C)[Si](C)(C)OC[C@@H]1CCC(=O)N1CCCCOC1CCCCO1. The Bertz CT molecular complexity index is 444. The normalized spacial score (nSPS) is 25.1. The maximum absolute atomic E-state index is 12.2. The number of ether oxygens (including phenoxy) is 2. The van der Waals surface area contributed by atoms with Crippen LogP contribution in [0.5, 0.6) is 0 Å². The quantitative estimate of drug-likeness (QED) is 0.438. The number of unbranched alkanes of at least 4 members (excludes halogenated alkanes) is 1. The molecule has 1 amide bonds. The molecule has 2 rings (SSSR count). The fourth-order valence-electron chi connectivity index (χ4n) is 3.24. The van der Waals surface area contributed by atoms with Gasteiger partial charge in [0.1, 0.15) is 0 Å². The summed E-state index contributed by atoms with van der Waals surface area (Å²) in [5.41, 5.74) is 0. The molecule has 0 N–H and O–H groups in total. The summed E-state index contributed by atoms with van der Waals surface area (Å²) in [6, 6.07) is 0.249. The first-order valence-corrected chi connectivity index (χ1v) is 13.3. The highest BCUT2D eigenvalue weighted by Gasteiger charge is 2.39. The number of nitrogens with zero attached hydrogens (tertiary/aromatic N) is 1. The van der Waals surface area contributed by atoms with Crippen LogP contribution in [0.3, 0.4) is 0 Å². The minimum absolute atomic E-state index is 0.0112. The standard InChI is InChI=1S/C20H39NO4Si/c1-20(2,3)26(4,5)25-16-17-11-12-18(22)21(17)13-7-9-15-24-19-10-6-8-14-23-19/h17,19H,6-16H2,1-5H3/t17-,19?/m0/s1. The Morgan fingerprint density at radius 2 is 1.96 bits per heavy atom. The van der Waals surface area contributed by atoms with Crippen LogP contribution in [0, 0.1) is 0 Å². The summed E-state index contributed by atoms with van der Waals surface area (Å²) < 4.78 is 17.7. The van der Waals surface area contributed by atoms with Crippen LogP contribution in [0.1, 0.15) is 65.7 Å². The van der Waals surface area contributed by atoms with Gasteiger partial charge < -0.3 is 18.8 Å². The molecular weight excluding hydrogens is 346 g/mol. The molecule has 5 nitrogen and oxygen atoms in total. The van der Waals surface area contributed by atoms with Gasteiger partial charge in [-0.3, -0.25) is 4.79 Å². The molecule has 2 aliphatic heterocycles. The molecule has 152 valence electrons. The van der Waals surface area contributed by atoms with Crippen molar-refractivity contribution in [3.05, 3.63) is 0 Å². The van der Waals surface area contributed by atoms with Gasteiger partial charge in [-0.1, -0.05) is 20.8 Å². The predicted molar refractivity (Wildman–Crippen MR) is 107 cm³/mol. The number of likely N-dealkylation sites (tertiary alicyclic amines) is 1. The Morgan fingerprint density at radius 3 is 2.62 bits per heavy atom. The molecule has 0 spiro atoms. The van der Waals surface area contributed by atoms with E-state index >= 15 is 0 Å². The molecule has 0 aromatic heterocycles. The summed E-state index contributed by atoms with van der Waals surface area (Å²) in [7, 11) is -1.76. The largest absolute Gasteiger partial charge is 0.415 e. The van der Waals surface area contributed by atoms with Crippen molar-refractivity contribution in [2.45, 2.75) is 96.2 Å². The van der Waals surface area contributed by atoms with Crippen LogP contribution in [0.2, 0.25) is 18.1 Å². The van der Waals surface area contributed by atoms with Gasteiger partial charge in [0.15, 0.2) is 14.6 Å². The van der Waals surface area contributed by atoms with Crippen molar-refractivity contribution in [3.63, 3.8) is 0 Å². The highest BCUT2D eigenvalue weighted by molar-refractivity contribution is 6.74. The van der Waals surface area contributed by atoms with Crippen LogP contribution in [-0.4, -0.2) is 57.8 Å². The zero-order chi connectivity index (χ0) is 19.2. The summed E-state index contributed by atoms with van der Waals surface area (Å²) in [5.74, 6) is 0.283. The minimum Gasteiger partial charge on any atom is -0.415 e. The first kappa shape index (κ1) is 21.9. The summed E-state index contributed by atoms with van der Waals surface area (Å²) in [5, 5.41) is 0.207. The van der Waals surface area contributed by atoms with Gasteiger partial charge in [0, 0.05) is 26.2 Å². The van der Waals surface area contributed by atoms with Gasteiger partial charge in [-0.15, -0.1) is 0 Å². The van der Waals surface area contributed by atoms with Gasteiger partial charge in [0.25, 0.3) is 0 Å². The molecule has 0 aromatic carbocycles. The van der Waals surface area contributed by atoms with Gasteiger partial charge in [-0.2, -0.15) is 0 Å². The number of rotatable bonds is 9. The highest BCUT2D eigenvalue weighted by Crippen LogP contribution is 2.37. The fourth-order valence-corrected chi connectivity index (χ4v) is 4.28. The van der Waals surface area contributed by atoms with Crippen LogP contribution in [0.4, 0.5) is 0 Å². The Labute approximate surface area is 160 Å². The minimum atomic E-state index is -1.76. The van der Waals surface area contributed by atoms with Crippen LogP contribution in [0.15, 0.2) is 0 Å². The monoisotopic (exact) mass is 385 g/mol. The zero-order valence-electron chi connectivity index (χ0n) is 17.5. The first-order chi connectivity index (χ1) is 12.2. The Kier molecular flexibility index (Phi) is 8.13. The lowest BCUT2D eigenvalue weighted by atomic mass is 10.2. The second-order valence-corrected chi connectivity index (χ2v) is 14.0. The van der Waals surface area contributed by atoms with Gasteiger partial charge in [0.2, 0.25) is 5.91 Å². The predicted octanol–water partition coefficient (Wildman–Crippen LogP) is 4.32. The molecule has 0 radical (unpaired) electrons. The van der Waals surface area contributed by atoms with Crippen molar-refractivity contribution in [1.82, 2.24) is 4.90 Å². The van der Waals surface area contributed by atoms with E-state index in [9.17, 15) is 4.79 Å². The van der Waals surface area contributed by atoms with Gasteiger partial charge in [-0.25, -0.2) is 0 Å². The van der Waals surface area contributed by atoms with Crippen molar-refractivity contribution in [1.29, 1.82) is 0 Å². The van der Waals surface area contributed by atoms with Crippen molar-refractivity contribution < 1.29 is 18.7 Å². The molecule has 6 heteroatoms. The number of hydrogen-bond donors (Lipinski definition) is 0. The van der Waals surface area contributed by atoms with Gasteiger partial charge in [-0.05, 0) is 56.7 Å². The number of carbonyl (C=O) groups is 1. The average Bonchev–Trinajstić information content (AvgIpc) is 2.93. The topological polar surface area (TPSA) is 48.0 Å². The average molecular weight is 386 g/mol. The molecule has 0 aromatic rings. The Balaban J connectivity index is 1.68. The van der Waals surface area contributed by atoms with E-state index in [1.165, 1.54) is 6.42 Å². The summed E-state index contributed by atoms with van der Waals surface area (Å²) in [6.07, 6.45) is 6.89. The number of carbonyl (C=O) groups excluding carboxylic acids is 1. The highest BCUT2D eigenvalue weighted by atomic mass is 28.4. The molecule has 2 atom stereocenters. The molecule has 2 aliphatic rings. The van der Waals surface area contributed by atoms with Gasteiger partial charge >= 0.3 is 0 Å². The second kappa shape index (κ2) is 9.67. The van der Waals surface area contributed by atoms with Crippen LogP contribution in [-0.2, 0) is 18.7 Å². The molecule has 1 unspecified atom stereocenters. The maximum atomic E-state index is 12.2. The number of amides is 1. The lowest BCUT2D eigenvalue weighted by molar-refractivity contribution is -0.163. The van der Waals surface area contributed by atoms with E-state index in [1.807, 2.05) is 4.90 Å². The van der Waals surface area contributed by atoms with Gasteiger partial charge in [0.05, 0.1) is 12.6 Å². The van der Waals surface area contributed by atoms with Crippen molar-refractivity contribution in [2.24, 2.45) is 0 Å². The van der Waals surface area contributed by atoms with Crippen molar-refractivity contribution in [3.8, 4) is 0 Å². The van der Waals surface area contributed by atoms with E-state index < -0.39 is 8.32 Å². The van der Waals surface area contributed by atoms with E-state index in [1.54, 1.807) is 0 Å². The first-order valence-electron chi connectivity index (χ1n) is 10.4. The molecule has 2 saturated heterocycles. The zero-order valence-corrected chi connectivity index (χ0v) is 18.5. The lowest BCUT2D eigenvalue weighted by Gasteiger charge is -2.38. The third kappa shape index (κ3) is 6.32. The van der Waals surface area contributed by atoms with Crippen molar-refractivity contribution >= 4 is 14.2 Å².